The lowest BCUT2D eigenvalue weighted by Crippen LogP contribution is -2.34. The summed E-state index contributed by atoms with van der Waals surface area (Å²) in [5.74, 6) is 0.203. The molecule has 11 heteroatoms. The van der Waals surface area contributed by atoms with E-state index < -0.39 is 6.04 Å². The molecule has 34 heavy (non-hydrogen) atoms. The molecule has 7 nitrogen and oxygen atoms in total. The summed E-state index contributed by atoms with van der Waals surface area (Å²) < 4.78 is 1.89. The first-order valence-corrected chi connectivity index (χ1v) is 12.7. The second-order valence-electron chi connectivity index (χ2n) is 7.72. The van der Waals surface area contributed by atoms with Crippen molar-refractivity contribution in [1.29, 1.82) is 0 Å². The number of amides is 2. The van der Waals surface area contributed by atoms with Crippen LogP contribution in [0.3, 0.4) is 0 Å². The topological polar surface area (TPSA) is 88.9 Å². The third-order valence-corrected chi connectivity index (χ3v) is 6.79. The van der Waals surface area contributed by atoms with Gasteiger partial charge in [0.25, 0.3) is 5.91 Å². The Morgan fingerprint density at radius 2 is 1.79 bits per heavy atom. The van der Waals surface area contributed by atoms with Gasteiger partial charge >= 0.3 is 0 Å². The van der Waals surface area contributed by atoms with Crippen molar-refractivity contribution >= 4 is 64.1 Å². The molecule has 1 heterocycles. The molecule has 0 saturated heterocycles. The van der Waals surface area contributed by atoms with Crippen LogP contribution in [0, 0.1) is 5.92 Å². The SMILES string of the molecule is CCn1c(SCC(=O)Nc2ccccc2Cl)nnc1[C@H](NC(=O)c1ccc(Cl)cc1Cl)C(C)C. The predicted octanol–water partition coefficient (Wildman–Crippen LogP) is 6.12. The van der Waals surface area contributed by atoms with E-state index in [0.717, 1.165) is 0 Å². The Bertz CT molecular complexity index is 1190. The van der Waals surface area contributed by atoms with Gasteiger partial charge in [-0.2, -0.15) is 0 Å². The molecular formula is C23H24Cl3N5O2S. The Balaban J connectivity index is 1.74. The number of thioether (sulfide) groups is 1. The van der Waals surface area contributed by atoms with Crippen molar-refractivity contribution in [3.05, 3.63) is 68.9 Å². The van der Waals surface area contributed by atoms with Gasteiger partial charge < -0.3 is 15.2 Å². The summed E-state index contributed by atoms with van der Waals surface area (Å²) in [6.45, 7) is 6.48. The maximum absolute atomic E-state index is 12.9. The predicted molar refractivity (Wildman–Crippen MR) is 138 cm³/mol. The van der Waals surface area contributed by atoms with Crippen molar-refractivity contribution in [2.45, 2.75) is 38.5 Å². The maximum Gasteiger partial charge on any atom is 0.253 e. The number of carbonyl (C=O) groups excluding carboxylic acids is 2. The molecule has 2 N–H and O–H groups in total. The minimum Gasteiger partial charge on any atom is -0.342 e. The Morgan fingerprint density at radius 1 is 1.06 bits per heavy atom. The number of halogens is 3. The van der Waals surface area contributed by atoms with Gasteiger partial charge in [0.15, 0.2) is 11.0 Å². The summed E-state index contributed by atoms with van der Waals surface area (Å²) in [7, 11) is 0. The van der Waals surface area contributed by atoms with Crippen LogP contribution in [0.1, 0.15) is 43.0 Å². The average Bonchev–Trinajstić information content (AvgIpc) is 3.19. The molecule has 0 aliphatic heterocycles. The van der Waals surface area contributed by atoms with Crippen molar-refractivity contribution in [3.8, 4) is 0 Å². The largest absolute Gasteiger partial charge is 0.342 e. The van der Waals surface area contributed by atoms with E-state index in [9.17, 15) is 9.59 Å². The smallest absolute Gasteiger partial charge is 0.253 e. The van der Waals surface area contributed by atoms with Crippen LogP contribution in [0.15, 0.2) is 47.6 Å². The Hall–Kier alpha value is -2.26. The number of benzene rings is 2. The normalized spacial score (nSPS) is 12.0. The van der Waals surface area contributed by atoms with E-state index in [1.54, 1.807) is 36.4 Å². The second-order valence-corrected chi connectivity index (χ2v) is 9.91. The summed E-state index contributed by atoms with van der Waals surface area (Å²) in [5, 5.41) is 16.2. The molecule has 3 aromatic rings. The van der Waals surface area contributed by atoms with Crippen molar-refractivity contribution in [1.82, 2.24) is 20.1 Å². The fourth-order valence-corrected chi connectivity index (χ4v) is 4.72. The van der Waals surface area contributed by atoms with Crippen molar-refractivity contribution in [2.75, 3.05) is 11.1 Å². The molecular weight excluding hydrogens is 517 g/mol. The summed E-state index contributed by atoms with van der Waals surface area (Å²) in [6.07, 6.45) is 0. The van der Waals surface area contributed by atoms with E-state index in [-0.39, 0.29) is 28.5 Å². The molecule has 0 aliphatic carbocycles. The zero-order chi connectivity index (χ0) is 24.8. The van der Waals surface area contributed by atoms with Gasteiger partial charge in [0.2, 0.25) is 5.91 Å². The van der Waals surface area contributed by atoms with Crippen molar-refractivity contribution in [2.24, 2.45) is 5.92 Å². The van der Waals surface area contributed by atoms with Gasteiger partial charge in [-0.1, -0.05) is 72.5 Å². The van der Waals surface area contributed by atoms with E-state index >= 15 is 0 Å². The minimum atomic E-state index is -0.419. The van der Waals surface area contributed by atoms with Gasteiger partial charge in [0.1, 0.15) is 0 Å². The monoisotopic (exact) mass is 539 g/mol. The van der Waals surface area contributed by atoms with Crippen molar-refractivity contribution < 1.29 is 9.59 Å². The van der Waals surface area contributed by atoms with Gasteiger partial charge in [0.05, 0.1) is 33.1 Å². The number of hydrogen-bond donors (Lipinski definition) is 2. The number of rotatable bonds is 9. The van der Waals surface area contributed by atoms with E-state index in [2.05, 4.69) is 20.8 Å². The van der Waals surface area contributed by atoms with Crippen LogP contribution in [0.2, 0.25) is 15.1 Å². The van der Waals surface area contributed by atoms with E-state index in [4.69, 9.17) is 34.8 Å². The number of hydrogen-bond acceptors (Lipinski definition) is 5. The number of carbonyl (C=O) groups is 2. The number of aromatic nitrogens is 3. The molecule has 1 aromatic heterocycles. The highest BCUT2D eigenvalue weighted by Crippen LogP contribution is 2.27. The first-order chi connectivity index (χ1) is 16.2. The molecule has 0 radical (unpaired) electrons. The lowest BCUT2D eigenvalue weighted by molar-refractivity contribution is -0.113. The highest BCUT2D eigenvalue weighted by molar-refractivity contribution is 7.99. The van der Waals surface area contributed by atoms with Gasteiger partial charge in [0, 0.05) is 11.6 Å². The molecule has 3 rings (SSSR count). The lowest BCUT2D eigenvalue weighted by Gasteiger charge is -2.22. The van der Waals surface area contributed by atoms with E-state index in [1.165, 1.54) is 17.8 Å². The summed E-state index contributed by atoms with van der Waals surface area (Å²) >= 11 is 19.5. The van der Waals surface area contributed by atoms with Gasteiger partial charge in [-0.3, -0.25) is 9.59 Å². The molecule has 0 spiro atoms. The highest BCUT2D eigenvalue weighted by atomic mass is 35.5. The summed E-state index contributed by atoms with van der Waals surface area (Å²) in [5.41, 5.74) is 0.876. The first-order valence-electron chi connectivity index (χ1n) is 10.6. The highest BCUT2D eigenvalue weighted by Gasteiger charge is 2.27. The quantitative estimate of drug-likeness (QED) is 0.319. The molecule has 0 unspecified atom stereocenters. The van der Waals surface area contributed by atoms with Gasteiger partial charge in [-0.25, -0.2) is 0 Å². The maximum atomic E-state index is 12.9. The molecule has 0 aliphatic rings. The third kappa shape index (κ3) is 6.44. The zero-order valence-electron chi connectivity index (χ0n) is 18.8. The van der Waals surface area contributed by atoms with Gasteiger partial charge in [-0.15, -0.1) is 10.2 Å². The van der Waals surface area contributed by atoms with Gasteiger partial charge in [-0.05, 0) is 43.2 Å². The van der Waals surface area contributed by atoms with Crippen LogP contribution in [0.4, 0.5) is 5.69 Å². The van der Waals surface area contributed by atoms with Crippen LogP contribution in [-0.4, -0.2) is 32.3 Å². The van der Waals surface area contributed by atoms with E-state index in [1.807, 2.05) is 25.3 Å². The fraction of sp³-hybridized carbons (Fsp3) is 0.304. The van der Waals surface area contributed by atoms with Crippen LogP contribution in [0.25, 0.3) is 0 Å². The van der Waals surface area contributed by atoms with Crippen molar-refractivity contribution in [3.63, 3.8) is 0 Å². The standard InChI is InChI=1S/C23H24Cl3N5O2S/c1-4-31-21(20(13(2)3)28-22(33)15-10-9-14(24)11-17(15)26)29-30-23(31)34-12-19(32)27-18-8-6-5-7-16(18)25/h5-11,13,20H,4,12H2,1-3H3,(H,27,32)(H,28,33)/t20-/m1/s1. The summed E-state index contributed by atoms with van der Waals surface area (Å²) in [4.78, 5) is 25.3. The second kappa shape index (κ2) is 11.9. The third-order valence-electron chi connectivity index (χ3n) is 4.95. The Kier molecular flexibility index (Phi) is 9.24. The van der Waals surface area contributed by atoms with E-state index in [0.29, 0.717) is 38.8 Å². The lowest BCUT2D eigenvalue weighted by atomic mass is 10.0. The zero-order valence-corrected chi connectivity index (χ0v) is 21.9. The number of anilines is 1. The molecule has 2 aromatic carbocycles. The van der Waals surface area contributed by atoms with Crippen LogP contribution < -0.4 is 10.6 Å². The molecule has 0 fully saturated rings. The number of nitrogens with one attached hydrogen (secondary N) is 2. The molecule has 1 atom stereocenters. The van der Waals surface area contributed by atoms with Crippen LogP contribution in [0.5, 0.6) is 0 Å². The molecule has 0 saturated carbocycles. The first kappa shape index (κ1) is 26.3. The number of nitrogens with zero attached hydrogens (tertiary/aromatic N) is 3. The fourth-order valence-electron chi connectivity index (χ4n) is 3.24. The number of para-hydroxylation sites is 1. The van der Waals surface area contributed by atoms with Crippen LogP contribution >= 0.6 is 46.6 Å². The molecule has 2 amide bonds. The Morgan fingerprint density at radius 3 is 2.44 bits per heavy atom. The van der Waals surface area contributed by atoms with Crippen LogP contribution in [-0.2, 0) is 11.3 Å². The molecule has 180 valence electrons. The summed E-state index contributed by atoms with van der Waals surface area (Å²) in [6, 6.07) is 11.3. The molecule has 0 bridgehead atoms. The average molecular weight is 541 g/mol. The Labute approximate surface area is 217 Å². The minimum absolute atomic E-state index is 0.0193.